The standard InChI is InChI=1S/C21H27N/c1-22(2)20-14-9-16-21(17-15-20,18-10-5-3-6-11-18)19-12-7-4-8-13-19/h3-8,10-13,20H,9,14-17H2,1-2H3. The molecule has 0 saturated heterocycles. The fourth-order valence-electron chi connectivity index (χ4n) is 4.10. The monoisotopic (exact) mass is 293 g/mol. The topological polar surface area (TPSA) is 3.24 Å². The van der Waals surface area contributed by atoms with Crippen LogP contribution in [0.2, 0.25) is 0 Å². The smallest absolute Gasteiger partial charge is 0.0203 e. The number of hydrogen-bond donors (Lipinski definition) is 0. The summed E-state index contributed by atoms with van der Waals surface area (Å²) in [6, 6.07) is 23.0. The lowest BCUT2D eigenvalue weighted by Gasteiger charge is -2.35. The van der Waals surface area contributed by atoms with Crippen molar-refractivity contribution in [1.82, 2.24) is 4.90 Å². The molecule has 0 radical (unpaired) electrons. The molecule has 0 aliphatic heterocycles. The maximum absolute atomic E-state index is 2.41. The first-order chi connectivity index (χ1) is 10.7. The minimum atomic E-state index is 0.188. The molecule has 1 atom stereocenters. The predicted octanol–water partition coefficient (Wildman–Crippen LogP) is 4.87. The molecule has 116 valence electrons. The van der Waals surface area contributed by atoms with E-state index in [-0.39, 0.29) is 5.41 Å². The second kappa shape index (κ2) is 6.66. The van der Waals surface area contributed by atoms with E-state index in [2.05, 4.69) is 79.7 Å². The molecule has 1 fully saturated rings. The van der Waals surface area contributed by atoms with Gasteiger partial charge in [-0.3, -0.25) is 0 Å². The summed E-state index contributed by atoms with van der Waals surface area (Å²) >= 11 is 0. The van der Waals surface area contributed by atoms with Crippen molar-refractivity contribution in [2.45, 2.75) is 43.6 Å². The zero-order chi connectivity index (χ0) is 15.4. The van der Waals surface area contributed by atoms with E-state index in [4.69, 9.17) is 0 Å². The van der Waals surface area contributed by atoms with E-state index in [1.807, 2.05) is 0 Å². The average Bonchev–Trinajstić information content (AvgIpc) is 2.80. The number of benzene rings is 2. The molecule has 0 bridgehead atoms. The van der Waals surface area contributed by atoms with E-state index in [0.717, 1.165) is 0 Å². The Morgan fingerprint density at radius 3 is 1.82 bits per heavy atom. The quantitative estimate of drug-likeness (QED) is 0.730. The Balaban J connectivity index is 2.01. The molecule has 22 heavy (non-hydrogen) atoms. The molecular weight excluding hydrogens is 266 g/mol. The third-order valence-corrected chi connectivity index (χ3v) is 5.43. The first kappa shape index (κ1) is 15.3. The molecule has 0 N–H and O–H groups in total. The summed E-state index contributed by atoms with van der Waals surface area (Å²) in [5.74, 6) is 0. The highest BCUT2D eigenvalue weighted by Crippen LogP contribution is 2.44. The van der Waals surface area contributed by atoms with Crippen LogP contribution < -0.4 is 0 Å². The van der Waals surface area contributed by atoms with Crippen LogP contribution in [0.4, 0.5) is 0 Å². The Bertz CT molecular complexity index is 534. The van der Waals surface area contributed by atoms with Crippen LogP contribution in [0.3, 0.4) is 0 Å². The van der Waals surface area contributed by atoms with Crippen molar-refractivity contribution in [2.24, 2.45) is 0 Å². The summed E-state index contributed by atoms with van der Waals surface area (Å²) in [6.45, 7) is 0. The second-order valence-electron chi connectivity index (χ2n) is 6.86. The number of nitrogens with zero attached hydrogens (tertiary/aromatic N) is 1. The lowest BCUT2D eigenvalue weighted by molar-refractivity contribution is 0.264. The molecule has 1 saturated carbocycles. The van der Waals surface area contributed by atoms with Crippen molar-refractivity contribution >= 4 is 0 Å². The molecule has 0 amide bonds. The summed E-state index contributed by atoms with van der Waals surface area (Å²) in [6.07, 6.45) is 6.38. The molecule has 1 nitrogen and oxygen atoms in total. The minimum Gasteiger partial charge on any atom is -0.306 e. The second-order valence-corrected chi connectivity index (χ2v) is 6.86. The molecular formula is C21H27N. The van der Waals surface area contributed by atoms with Gasteiger partial charge in [0.05, 0.1) is 0 Å². The average molecular weight is 293 g/mol. The molecule has 0 spiro atoms. The molecule has 0 aromatic heterocycles. The summed E-state index contributed by atoms with van der Waals surface area (Å²) < 4.78 is 0. The lowest BCUT2D eigenvalue weighted by Crippen LogP contribution is -2.30. The fraction of sp³-hybridized carbons (Fsp3) is 0.429. The third kappa shape index (κ3) is 2.96. The predicted molar refractivity (Wildman–Crippen MR) is 94.2 cm³/mol. The van der Waals surface area contributed by atoms with Crippen molar-refractivity contribution in [1.29, 1.82) is 0 Å². The molecule has 2 aromatic rings. The van der Waals surface area contributed by atoms with Gasteiger partial charge in [-0.1, -0.05) is 67.1 Å². The Morgan fingerprint density at radius 2 is 1.32 bits per heavy atom. The maximum atomic E-state index is 2.41. The molecule has 1 aliphatic rings. The van der Waals surface area contributed by atoms with Crippen LogP contribution in [0, 0.1) is 0 Å². The summed E-state index contributed by atoms with van der Waals surface area (Å²) in [5.41, 5.74) is 3.16. The SMILES string of the molecule is CN(C)C1CCCC(c2ccccc2)(c2ccccc2)CC1. The van der Waals surface area contributed by atoms with Crippen LogP contribution in [0.25, 0.3) is 0 Å². The molecule has 1 heteroatoms. The van der Waals surface area contributed by atoms with Crippen LogP contribution in [0.15, 0.2) is 60.7 Å². The van der Waals surface area contributed by atoms with E-state index < -0.39 is 0 Å². The Labute approximate surface area is 135 Å². The largest absolute Gasteiger partial charge is 0.306 e. The summed E-state index contributed by atoms with van der Waals surface area (Å²) in [5, 5.41) is 0. The highest BCUT2D eigenvalue weighted by atomic mass is 15.1. The van der Waals surface area contributed by atoms with Crippen molar-refractivity contribution < 1.29 is 0 Å². The molecule has 0 heterocycles. The molecule has 2 aromatic carbocycles. The van der Waals surface area contributed by atoms with Crippen molar-refractivity contribution in [2.75, 3.05) is 14.1 Å². The molecule has 1 aliphatic carbocycles. The van der Waals surface area contributed by atoms with Gasteiger partial charge in [-0.25, -0.2) is 0 Å². The van der Waals surface area contributed by atoms with Crippen LogP contribution >= 0.6 is 0 Å². The maximum Gasteiger partial charge on any atom is 0.0203 e. The van der Waals surface area contributed by atoms with Crippen LogP contribution in [0.5, 0.6) is 0 Å². The van der Waals surface area contributed by atoms with Crippen LogP contribution in [0.1, 0.15) is 43.2 Å². The Hall–Kier alpha value is -1.60. The van der Waals surface area contributed by atoms with E-state index in [0.29, 0.717) is 6.04 Å². The Kier molecular flexibility index (Phi) is 4.63. The van der Waals surface area contributed by atoms with Crippen molar-refractivity contribution in [3.05, 3.63) is 71.8 Å². The number of rotatable bonds is 3. The fourth-order valence-corrected chi connectivity index (χ4v) is 4.10. The van der Waals surface area contributed by atoms with Gasteiger partial charge < -0.3 is 4.90 Å². The summed E-state index contributed by atoms with van der Waals surface area (Å²) in [7, 11) is 4.45. The van der Waals surface area contributed by atoms with E-state index in [1.165, 1.54) is 43.2 Å². The number of hydrogen-bond acceptors (Lipinski definition) is 1. The van der Waals surface area contributed by atoms with Gasteiger partial charge in [0, 0.05) is 11.5 Å². The Morgan fingerprint density at radius 1 is 0.773 bits per heavy atom. The third-order valence-electron chi connectivity index (χ3n) is 5.43. The van der Waals surface area contributed by atoms with Gasteiger partial charge in [0.1, 0.15) is 0 Å². The highest BCUT2D eigenvalue weighted by Gasteiger charge is 2.36. The van der Waals surface area contributed by atoms with Gasteiger partial charge >= 0.3 is 0 Å². The van der Waals surface area contributed by atoms with Gasteiger partial charge in [0.25, 0.3) is 0 Å². The van der Waals surface area contributed by atoms with Gasteiger partial charge in [-0.2, -0.15) is 0 Å². The van der Waals surface area contributed by atoms with Crippen LogP contribution in [-0.4, -0.2) is 25.0 Å². The zero-order valence-electron chi connectivity index (χ0n) is 13.8. The first-order valence-electron chi connectivity index (χ1n) is 8.50. The van der Waals surface area contributed by atoms with Crippen molar-refractivity contribution in [3.63, 3.8) is 0 Å². The van der Waals surface area contributed by atoms with Gasteiger partial charge in [-0.05, 0) is 50.9 Å². The van der Waals surface area contributed by atoms with Gasteiger partial charge in [-0.15, -0.1) is 0 Å². The van der Waals surface area contributed by atoms with Gasteiger partial charge in [0.2, 0.25) is 0 Å². The van der Waals surface area contributed by atoms with E-state index >= 15 is 0 Å². The molecule has 1 unspecified atom stereocenters. The van der Waals surface area contributed by atoms with E-state index in [9.17, 15) is 0 Å². The first-order valence-corrected chi connectivity index (χ1v) is 8.50. The van der Waals surface area contributed by atoms with Crippen molar-refractivity contribution in [3.8, 4) is 0 Å². The van der Waals surface area contributed by atoms with Gasteiger partial charge in [0.15, 0.2) is 0 Å². The van der Waals surface area contributed by atoms with Crippen LogP contribution in [-0.2, 0) is 5.41 Å². The molecule has 3 rings (SSSR count). The van der Waals surface area contributed by atoms with E-state index in [1.54, 1.807) is 0 Å². The lowest BCUT2D eigenvalue weighted by atomic mass is 9.69. The summed E-state index contributed by atoms with van der Waals surface area (Å²) in [4.78, 5) is 2.41. The zero-order valence-corrected chi connectivity index (χ0v) is 13.8. The normalized spacial score (nSPS) is 21.5. The highest BCUT2D eigenvalue weighted by molar-refractivity contribution is 5.39. The minimum absolute atomic E-state index is 0.188.